The van der Waals surface area contributed by atoms with Gasteiger partial charge in [0.25, 0.3) is 5.91 Å². The average molecular weight is 208 g/mol. The van der Waals surface area contributed by atoms with Gasteiger partial charge in [-0.15, -0.1) is 0 Å². The summed E-state index contributed by atoms with van der Waals surface area (Å²) in [5.41, 5.74) is 3.63. The maximum absolute atomic E-state index is 11.0. The SMILES string of the molecule is CCCC.Cc1ccccc1C(=O)NN. The van der Waals surface area contributed by atoms with Gasteiger partial charge in [0.1, 0.15) is 0 Å². The minimum atomic E-state index is -0.247. The van der Waals surface area contributed by atoms with Crippen molar-refractivity contribution in [1.82, 2.24) is 5.43 Å². The van der Waals surface area contributed by atoms with Crippen molar-refractivity contribution in [2.45, 2.75) is 33.6 Å². The average Bonchev–Trinajstić information content (AvgIpc) is 2.29. The van der Waals surface area contributed by atoms with Gasteiger partial charge in [0.2, 0.25) is 0 Å². The van der Waals surface area contributed by atoms with Crippen LogP contribution in [0.4, 0.5) is 0 Å². The van der Waals surface area contributed by atoms with Gasteiger partial charge in [-0.05, 0) is 18.6 Å². The van der Waals surface area contributed by atoms with Crippen LogP contribution >= 0.6 is 0 Å². The molecule has 0 saturated heterocycles. The Hall–Kier alpha value is -1.35. The van der Waals surface area contributed by atoms with Gasteiger partial charge in [-0.3, -0.25) is 10.2 Å². The van der Waals surface area contributed by atoms with Crippen LogP contribution in [0.5, 0.6) is 0 Å². The van der Waals surface area contributed by atoms with Crippen molar-refractivity contribution >= 4 is 5.91 Å². The number of unbranched alkanes of at least 4 members (excludes halogenated alkanes) is 1. The number of hydrogen-bond acceptors (Lipinski definition) is 2. The Morgan fingerprint density at radius 2 is 1.80 bits per heavy atom. The second-order valence-corrected chi connectivity index (χ2v) is 3.29. The lowest BCUT2D eigenvalue weighted by Crippen LogP contribution is -2.30. The van der Waals surface area contributed by atoms with Crippen molar-refractivity contribution in [3.8, 4) is 0 Å². The first kappa shape index (κ1) is 13.7. The fourth-order valence-corrected chi connectivity index (χ4v) is 0.905. The standard InChI is InChI=1S/C8H10N2O.C4H10/c1-6-4-2-3-5-7(6)8(11)10-9;1-3-4-2/h2-5H,9H2,1H3,(H,10,11);3-4H2,1-2H3. The van der Waals surface area contributed by atoms with Crippen molar-refractivity contribution < 1.29 is 4.79 Å². The van der Waals surface area contributed by atoms with Crippen LogP contribution in [0.25, 0.3) is 0 Å². The second-order valence-electron chi connectivity index (χ2n) is 3.29. The zero-order valence-corrected chi connectivity index (χ0v) is 9.71. The minimum Gasteiger partial charge on any atom is -0.290 e. The normalized spacial score (nSPS) is 8.80. The van der Waals surface area contributed by atoms with E-state index in [2.05, 4.69) is 19.3 Å². The van der Waals surface area contributed by atoms with Crippen LogP contribution in [0.3, 0.4) is 0 Å². The Balaban J connectivity index is 0.000000423. The molecule has 3 nitrogen and oxygen atoms in total. The van der Waals surface area contributed by atoms with Crippen LogP contribution in [-0.2, 0) is 0 Å². The zero-order chi connectivity index (χ0) is 11.7. The first-order valence-corrected chi connectivity index (χ1v) is 5.23. The van der Waals surface area contributed by atoms with E-state index < -0.39 is 0 Å². The van der Waals surface area contributed by atoms with Gasteiger partial charge in [0, 0.05) is 5.56 Å². The molecule has 0 saturated carbocycles. The molecule has 3 heteroatoms. The number of hydrazine groups is 1. The fourth-order valence-electron chi connectivity index (χ4n) is 0.905. The van der Waals surface area contributed by atoms with E-state index >= 15 is 0 Å². The molecule has 0 atom stereocenters. The smallest absolute Gasteiger partial charge is 0.265 e. The third kappa shape index (κ3) is 5.18. The Labute approximate surface area is 91.6 Å². The lowest BCUT2D eigenvalue weighted by molar-refractivity contribution is 0.0953. The summed E-state index contributed by atoms with van der Waals surface area (Å²) in [6, 6.07) is 7.28. The van der Waals surface area contributed by atoms with Crippen molar-refractivity contribution in [2.75, 3.05) is 0 Å². The van der Waals surface area contributed by atoms with Crippen LogP contribution in [0.1, 0.15) is 42.6 Å². The molecule has 0 aliphatic carbocycles. The van der Waals surface area contributed by atoms with E-state index in [1.165, 1.54) is 12.8 Å². The molecule has 0 unspecified atom stereocenters. The summed E-state index contributed by atoms with van der Waals surface area (Å²) < 4.78 is 0. The number of carbonyl (C=O) groups excluding carboxylic acids is 1. The van der Waals surface area contributed by atoms with Crippen molar-refractivity contribution in [3.63, 3.8) is 0 Å². The van der Waals surface area contributed by atoms with E-state index in [0.29, 0.717) is 5.56 Å². The van der Waals surface area contributed by atoms with Gasteiger partial charge in [0.05, 0.1) is 0 Å². The molecular formula is C12H20N2O. The number of benzene rings is 1. The first-order chi connectivity index (χ1) is 7.17. The van der Waals surface area contributed by atoms with Crippen molar-refractivity contribution in [1.29, 1.82) is 0 Å². The predicted molar refractivity (Wildman–Crippen MR) is 63.4 cm³/mol. The summed E-state index contributed by atoms with van der Waals surface area (Å²) in [4.78, 5) is 11.0. The van der Waals surface area contributed by atoms with Crippen molar-refractivity contribution in [2.24, 2.45) is 5.84 Å². The van der Waals surface area contributed by atoms with E-state index in [4.69, 9.17) is 5.84 Å². The molecule has 0 aliphatic rings. The van der Waals surface area contributed by atoms with E-state index in [9.17, 15) is 4.79 Å². The van der Waals surface area contributed by atoms with Crippen molar-refractivity contribution in [3.05, 3.63) is 35.4 Å². The Morgan fingerprint density at radius 1 is 1.27 bits per heavy atom. The molecule has 3 N–H and O–H groups in total. The summed E-state index contributed by atoms with van der Waals surface area (Å²) in [5, 5.41) is 0. The molecular weight excluding hydrogens is 188 g/mol. The summed E-state index contributed by atoms with van der Waals surface area (Å²) in [7, 11) is 0. The summed E-state index contributed by atoms with van der Waals surface area (Å²) in [5.74, 6) is 4.73. The zero-order valence-electron chi connectivity index (χ0n) is 9.71. The van der Waals surface area contributed by atoms with Crippen LogP contribution in [0.2, 0.25) is 0 Å². The van der Waals surface area contributed by atoms with E-state index in [-0.39, 0.29) is 5.91 Å². The van der Waals surface area contributed by atoms with Gasteiger partial charge >= 0.3 is 0 Å². The third-order valence-corrected chi connectivity index (χ3v) is 2.02. The number of aryl methyl sites for hydroxylation is 1. The lowest BCUT2D eigenvalue weighted by atomic mass is 10.1. The molecule has 1 aromatic rings. The second kappa shape index (κ2) is 8.00. The number of amides is 1. The van der Waals surface area contributed by atoms with Gasteiger partial charge in [-0.25, -0.2) is 5.84 Å². The van der Waals surface area contributed by atoms with Crippen LogP contribution in [-0.4, -0.2) is 5.91 Å². The van der Waals surface area contributed by atoms with E-state index in [1.807, 2.05) is 19.1 Å². The van der Waals surface area contributed by atoms with Crippen LogP contribution in [0.15, 0.2) is 24.3 Å². The predicted octanol–water partition coefficient (Wildman–Crippen LogP) is 2.40. The molecule has 1 amide bonds. The molecule has 15 heavy (non-hydrogen) atoms. The number of hydrogen-bond donors (Lipinski definition) is 2. The van der Waals surface area contributed by atoms with Gasteiger partial charge in [-0.2, -0.15) is 0 Å². The summed E-state index contributed by atoms with van der Waals surface area (Å²) in [6.45, 7) is 6.23. The molecule has 1 aromatic carbocycles. The Morgan fingerprint density at radius 3 is 2.20 bits per heavy atom. The fraction of sp³-hybridized carbons (Fsp3) is 0.417. The van der Waals surface area contributed by atoms with E-state index in [0.717, 1.165) is 5.56 Å². The Kier molecular flexibility index (Phi) is 7.28. The minimum absolute atomic E-state index is 0.247. The lowest BCUT2D eigenvalue weighted by Gasteiger charge is -2.01. The highest BCUT2D eigenvalue weighted by Crippen LogP contribution is 2.05. The maximum Gasteiger partial charge on any atom is 0.265 e. The largest absolute Gasteiger partial charge is 0.290 e. The molecule has 0 heterocycles. The summed E-state index contributed by atoms with van der Waals surface area (Å²) >= 11 is 0. The number of nitrogens with two attached hydrogens (primary N) is 1. The molecule has 0 aromatic heterocycles. The number of nitrogen functional groups attached to an aromatic ring is 1. The highest BCUT2D eigenvalue weighted by Gasteiger charge is 2.04. The first-order valence-electron chi connectivity index (χ1n) is 5.23. The number of nitrogens with one attached hydrogen (secondary N) is 1. The maximum atomic E-state index is 11.0. The number of rotatable bonds is 2. The molecule has 84 valence electrons. The molecule has 1 rings (SSSR count). The van der Waals surface area contributed by atoms with E-state index in [1.54, 1.807) is 12.1 Å². The summed E-state index contributed by atoms with van der Waals surface area (Å²) in [6.07, 6.45) is 2.64. The molecule has 0 aliphatic heterocycles. The van der Waals surface area contributed by atoms with Crippen LogP contribution < -0.4 is 11.3 Å². The van der Waals surface area contributed by atoms with Gasteiger partial charge in [0.15, 0.2) is 0 Å². The molecule has 0 spiro atoms. The van der Waals surface area contributed by atoms with Gasteiger partial charge in [-0.1, -0.05) is 44.9 Å². The van der Waals surface area contributed by atoms with Gasteiger partial charge < -0.3 is 0 Å². The Bertz CT molecular complexity index is 295. The highest BCUT2D eigenvalue weighted by atomic mass is 16.2. The van der Waals surface area contributed by atoms with Crippen LogP contribution in [0, 0.1) is 6.92 Å². The highest BCUT2D eigenvalue weighted by molar-refractivity contribution is 5.95. The quantitative estimate of drug-likeness (QED) is 0.445. The number of carbonyl (C=O) groups is 1. The topological polar surface area (TPSA) is 55.1 Å². The molecule has 0 radical (unpaired) electrons. The third-order valence-electron chi connectivity index (χ3n) is 2.02. The monoisotopic (exact) mass is 208 g/mol. The molecule has 0 bridgehead atoms. The molecule has 0 fully saturated rings.